The number of carbonyl (C=O) groups is 1. The average molecular weight is 340 g/mol. The molecule has 4 nitrogen and oxygen atoms in total. The number of hydrogen-bond acceptors (Lipinski definition) is 3. The number of unbranched alkanes of at least 4 members (excludes halogenated alkanes) is 1. The van der Waals surface area contributed by atoms with E-state index in [0.29, 0.717) is 6.04 Å². The normalized spacial score (nSPS) is 23.8. The van der Waals surface area contributed by atoms with Gasteiger partial charge in [-0.2, -0.15) is 0 Å². The van der Waals surface area contributed by atoms with E-state index >= 15 is 0 Å². The van der Waals surface area contributed by atoms with Crippen molar-refractivity contribution in [3.05, 3.63) is 0 Å². The van der Waals surface area contributed by atoms with Crippen molar-refractivity contribution < 1.29 is 4.79 Å². The van der Waals surface area contributed by atoms with Crippen molar-refractivity contribution in [3.63, 3.8) is 0 Å². The first kappa shape index (κ1) is 21.0. The molecule has 6 heteroatoms. The Bertz CT molecular complexity index is 278. The minimum absolute atomic E-state index is 0. The first-order valence-electron chi connectivity index (χ1n) is 8.05. The summed E-state index contributed by atoms with van der Waals surface area (Å²) in [5, 5.41) is 6.56. The summed E-state index contributed by atoms with van der Waals surface area (Å²) in [4.78, 5) is 14.7. The van der Waals surface area contributed by atoms with Crippen LogP contribution in [0.1, 0.15) is 51.9 Å². The summed E-state index contributed by atoms with van der Waals surface area (Å²) in [6, 6.07) is 0.459. The molecule has 1 amide bonds. The highest BCUT2D eigenvalue weighted by Crippen LogP contribution is 2.13. The molecule has 0 aliphatic carbocycles. The highest BCUT2D eigenvalue weighted by Gasteiger charge is 2.25. The molecule has 2 aliphatic heterocycles. The summed E-state index contributed by atoms with van der Waals surface area (Å²) in [5.41, 5.74) is 0. The zero-order chi connectivity index (χ0) is 13.5. The SMILES string of the molecule is CCCCN1CCC(NC(=O)C2CCCCN2)CC1.Cl.Cl. The van der Waals surface area contributed by atoms with E-state index in [0.717, 1.165) is 38.9 Å². The van der Waals surface area contributed by atoms with E-state index in [2.05, 4.69) is 22.5 Å². The number of carbonyl (C=O) groups excluding carboxylic acids is 1. The Morgan fingerprint density at radius 3 is 2.48 bits per heavy atom. The minimum Gasteiger partial charge on any atom is -0.352 e. The molecule has 126 valence electrons. The summed E-state index contributed by atoms with van der Waals surface area (Å²) >= 11 is 0. The second-order valence-electron chi connectivity index (χ2n) is 5.98. The van der Waals surface area contributed by atoms with Crippen molar-refractivity contribution in [1.82, 2.24) is 15.5 Å². The van der Waals surface area contributed by atoms with E-state index in [1.165, 1.54) is 32.2 Å². The quantitative estimate of drug-likeness (QED) is 0.808. The van der Waals surface area contributed by atoms with Gasteiger partial charge in [0.1, 0.15) is 0 Å². The van der Waals surface area contributed by atoms with Gasteiger partial charge in [0.15, 0.2) is 0 Å². The van der Waals surface area contributed by atoms with Gasteiger partial charge in [-0.05, 0) is 45.2 Å². The molecule has 0 radical (unpaired) electrons. The third-order valence-electron chi connectivity index (χ3n) is 4.39. The van der Waals surface area contributed by atoms with Crippen LogP contribution in [0.4, 0.5) is 0 Å². The Labute approximate surface area is 141 Å². The molecule has 2 saturated heterocycles. The van der Waals surface area contributed by atoms with Gasteiger partial charge in [-0.15, -0.1) is 24.8 Å². The van der Waals surface area contributed by atoms with E-state index < -0.39 is 0 Å². The third-order valence-corrected chi connectivity index (χ3v) is 4.39. The van der Waals surface area contributed by atoms with Gasteiger partial charge >= 0.3 is 0 Å². The van der Waals surface area contributed by atoms with Crippen LogP contribution in [-0.4, -0.2) is 49.1 Å². The topological polar surface area (TPSA) is 44.4 Å². The Morgan fingerprint density at radius 1 is 1.19 bits per heavy atom. The summed E-state index contributed by atoms with van der Waals surface area (Å²) in [6.45, 7) is 6.74. The molecule has 0 aromatic carbocycles. The maximum Gasteiger partial charge on any atom is 0.237 e. The van der Waals surface area contributed by atoms with Crippen LogP contribution in [0.25, 0.3) is 0 Å². The van der Waals surface area contributed by atoms with Crippen LogP contribution < -0.4 is 10.6 Å². The second kappa shape index (κ2) is 11.5. The molecule has 1 atom stereocenters. The molecule has 21 heavy (non-hydrogen) atoms. The lowest BCUT2D eigenvalue weighted by Gasteiger charge is -2.33. The van der Waals surface area contributed by atoms with Gasteiger partial charge in [0, 0.05) is 19.1 Å². The van der Waals surface area contributed by atoms with E-state index in [4.69, 9.17) is 0 Å². The number of rotatable bonds is 5. The fourth-order valence-electron chi connectivity index (χ4n) is 3.06. The fourth-order valence-corrected chi connectivity index (χ4v) is 3.06. The smallest absolute Gasteiger partial charge is 0.237 e. The van der Waals surface area contributed by atoms with Crippen molar-refractivity contribution in [2.24, 2.45) is 0 Å². The van der Waals surface area contributed by atoms with Crippen molar-refractivity contribution in [3.8, 4) is 0 Å². The molecule has 2 aliphatic rings. The van der Waals surface area contributed by atoms with Crippen LogP contribution in [0.5, 0.6) is 0 Å². The molecular formula is C15H31Cl2N3O. The summed E-state index contributed by atoms with van der Waals surface area (Å²) in [5.74, 6) is 0.228. The number of hydrogen-bond donors (Lipinski definition) is 2. The molecule has 0 bridgehead atoms. The Morgan fingerprint density at radius 2 is 1.90 bits per heavy atom. The number of piperidine rings is 2. The Hall–Kier alpha value is -0.0300. The third kappa shape index (κ3) is 7.18. The highest BCUT2D eigenvalue weighted by atomic mass is 35.5. The molecule has 2 N–H and O–H groups in total. The molecule has 2 heterocycles. The minimum atomic E-state index is 0. The maximum atomic E-state index is 12.1. The molecular weight excluding hydrogens is 309 g/mol. The lowest BCUT2D eigenvalue weighted by atomic mass is 10.0. The number of nitrogens with zero attached hydrogens (tertiary/aromatic N) is 1. The van der Waals surface area contributed by atoms with E-state index in [9.17, 15) is 4.79 Å². The van der Waals surface area contributed by atoms with Crippen molar-refractivity contribution in [2.75, 3.05) is 26.2 Å². The average Bonchev–Trinajstić information content (AvgIpc) is 2.47. The number of amides is 1. The number of nitrogens with one attached hydrogen (secondary N) is 2. The van der Waals surface area contributed by atoms with Crippen LogP contribution in [0.15, 0.2) is 0 Å². The van der Waals surface area contributed by atoms with Crippen LogP contribution >= 0.6 is 24.8 Å². The summed E-state index contributed by atoms with van der Waals surface area (Å²) in [7, 11) is 0. The lowest BCUT2D eigenvalue weighted by molar-refractivity contribution is -0.124. The van der Waals surface area contributed by atoms with Gasteiger partial charge in [0.2, 0.25) is 5.91 Å². The lowest BCUT2D eigenvalue weighted by Crippen LogP contribution is -2.52. The molecule has 2 fully saturated rings. The van der Waals surface area contributed by atoms with Crippen LogP contribution in [0.2, 0.25) is 0 Å². The zero-order valence-electron chi connectivity index (χ0n) is 13.1. The highest BCUT2D eigenvalue weighted by molar-refractivity contribution is 5.85. The standard InChI is InChI=1S/C15H29N3O.2ClH/c1-2-3-10-18-11-7-13(8-12-18)17-15(19)14-6-4-5-9-16-14;;/h13-14,16H,2-12H2,1H3,(H,17,19);2*1H. The summed E-state index contributed by atoms with van der Waals surface area (Å²) < 4.78 is 0. The van der Waals surface area contributed by atoms with Crippen LogP contribution in [0.3, 0.4) is 0 Å². The van der Waals surface area contributed by atoms with Crippen LogP contribution in [-0.2, 0) is 4.79 Å². The van der Waals surface area contributed by atoms with Crippen LogP contribution in [0, 0.1) is 0 Å². The molecule has 0 saturated carbocycles. The van der Waals surface area contributed by atoms with Gasteiger partial charge in [0.25, 0.3) is 0 Å². The Kier molecular flexibility index (Phi) is 11.5. The monoisotopic (exact) mass is 339 g/mol. The van der Waals surface area contributed by atoms with E-state index in [1.54, 1.807) is 0 Å². The van der Waals surface area contributed by atoms with Gasteiger partial charge < -0.3 is 15.5 Å². The molecule has 2 rings (SSSR count). The molecule has 0 spiro atoms. The molecule has 1 unspecified atom stereocenters. The number of halogens is 2. The largest absolute Gasteiger partial charge is 0.352 e. The van der Waals surface area contributed by atoms with Gasteiger partial charge in [-0.1, -0.05) is 19.8 Å². The summed E-state index contributed by atoms with van der Waals surface area (Å²) in [6.07, 6.45) is 8.18. The second-order valence-corrected chi connectivity index (χ2v) is 5.98. The zero-order valence-corrected chi connectivity index (χ0v) is 14.7. The maximum absolute atomic E-state index is 12.1. The molecule has 0 aromatic rings. The fraction of sp³-hybridized carbons (Fsp3) is 0.933. The first-order valence-corrected chi connectivity index (χ1v) is 8.05. The van der Waals surface area contributed by atoms with E-state index in [1.807, 2.05) is 0 Å². The predicted octanol–water partition coefficient (Wildman–Crippen LogP) is 2.35. The predicted molar refractivity (Wildman–Crippen MR) is 92.7 cm³/mol. The van der Waals surface area contributed by atoms with Gasteiger partial charge in [-0.25, -0.2) is 0 Å². The van der Waals surface area contributed by atoms with Crippen molar-refractivity contribution >= 4 is 30.7 Å². The van der Waals surface area contributed by atoms with E-state index in [-0.39, 0.29) is 36.8 Å². The van der Waals surface area contributed by atoms with Gasteiger partial charge in [-0.3, -0.25) is 4.79 Å². The Balaban J connectivity index is 0.00000200. The van der Waals surface area contributed by atoms with Gasteiger partial charge in [0.05, 0.1) is 6.04 Å². The first-order chi connectivity index (χ1) is 9.29. The van der Waals surface area contributed by atoms with Crippen molar-refractivity contribution in [1.29, 1.82) is 0 Å². The van der Waals surface area contributed by atoms with Crippen molar-refractivity contribution in [2.45, 2.75) is 64.0 Å². The molecule has 0 aromatic heterocycles. The number of likely N-dealkylation sites (tertiary alicyclic amines) is 1.